The van der Waals surface area contributed by atoms with Gasteiger partial charge in [-0.05, 0) is 25.4 Å². The van der Waals surface area contributed by atoms with E-state index in [1.807, 2.05) is 13.2 Å². The van der Waals surface area contributed by atoms with Crippen LogP contribution >= 0.6 is 11.8 Å². The second kappa shape index (κ2) is 8.71. The smallest absolute Gasteiger partial charge is 0.320 e. The molecule has 0 bridgehead atoms. The van der Waals surface area contributed by atoms with Gasteiger partial charge in [0.25, 0.3) is 0 Å². The largest absolute Gasteiger partial charge is 0.480 e. The van der Waals surface area contributed by atoms with E-state index in [0.29, 0.717) is 18.9 Å². The molecule has 0 saturated heterocycles. The molecule has 0 spiro atoms. The van der Waals surface area contributed by atoms with Crippen molar-refractivity contribution in [2.45, 2.75) is 25.9 Å². The highest BCUT2D eigenvalue weighted by Gasteiger charge is 2.15. The van der Waals surface area contributed by atoms with Crippen LogP contribution in [0.5, 0.6) is 0 Å². The maximum absolute atomic E-state index is 11.1. The number of anilines is 1. The van der Waals surface area contributed by atoms with Crippen LogP contribution < -0.4 is 10.6 Å². The lowest BCUT2D eigenvalue weighted by atomic mass is 10.2. The van der Waals surface area contributed by atoms with Crippen LogP contribution in [0.25, 0.3) is 0 Å². The van der Waals surface area contributed by atoms with E-state index in [4.69, 9.17) is 5.11 Å². The van der Waals surface area contributed by atoms with Crippen LogP contribution in [0.3, 0.4) is 0 Å². The maximum Gasteiger partial charge on any atom is 0.320 e. The van der Waals surface area contributed by atoms with Crippen molar-refractivity contribution >= 4 is 23.7 Å². The second-order valence-corrected chi connectivity index (χ2v) is 4.98. The van der Waals surface area contributed by atoms with E-state index in [0.717, 1.165) is 17.9 Å². The van der Waals surface area contributed by atoms with Crippen molar-refractivity contribution in [1.29, 1.82) is 0 Å². The number of hydrogen-bond donors (Lipinski definition) is 3. The number of hydrogen-bond acceptors (Lipinski definition) is 6. The molecule has 0 unspecified atom stereocenters. The summed E-state index contributed by atoms with van der Waals surface area (Å²) in [5, 5.41) is 15.1. The average molecular weight is 284 g/mol. The summed E-state index contributed by atoms with van der Waals surface area (Å²) >= 11 is 1.64. The molecule has 0 aliphatic heterocycles. The van der Waals surface area contributed by atoms with Gasteiger partial charge in [-0.25, -0.2) is 9.97 Å². The number of carbonyl (C=O) groups is 1. The fourth-order valence-electron chi connectivity index (χ4n) is 1.49. The Morgan fingerprint density at radius 3 is 2.68 bits per heavy atom. The molecule has 0 aliphatic carbocycles. The van der Waals surface area contributed by atoms with Gasteiger partial charge in [-0.2, -0.15) is 11.8 Å². The van der Waals surface area contributed by atoms with E-state index in [1.54, 1.807) is 24.2 Å². The van der Waals surface area contributed by atoms with Gasteiger partial charge < -0.3 is 15.7 Å². The highest BCUT2D eigenvalue weighted by molar-refractivity contribution is 7.98. The molecule has 0 fully saturated rings. The molecule has 6 nitrogen and oxygen atoms in total. The SMILES string of the molecule is CCNc1ncc(CN[C@@H](CCSC)C(=O)O)cn1. The number of carboxylic acid groups (broad SMARTS) is 1. The molecule has 106 valence electrons. The summed E-state index contributed by atoms with van der Waals surface area (Å²) in [5.74, 6) is 0.586. The topological polar surface area (TPSA) is 87.1 Å². The molecule has 0 aliphatic rings. The second-order valence-electron chi connectivity index (χ2n) is 4.00. The first kappa shape index (κ1) is 15.7. The summed E-state index contributed by atoms with van der Waals surface area (Å²) in [6.45, 7) is 3.20. The normalized spacial score (nSPS) is 12.1. The predicted octanol–water partition coefficient (Wildman–Crippen LogP) is 1.20. The van der Waals surface area contributed by atoms with Gasteiger partial charge in [-0.1, -0.05) is 0 Å². The summed E-state index contributed by atoms with van der Waals surface area (Å²) in [4.78, 5) is 19.3. The van der Waals surface area contributed by atoms with Gasteiger partial charge in [-0.15, -0.1) is 0 Å². The van der Waals surface area contributed by atoms with E-state index in [2.05, 4.69) is 20.6 Å². The Balaban J connectivity index is 2.46. The van der Waals surface area contributed by atoms with Crippen LogP contribution in [0.15, 0.2) is 12.4 Å². The Morgan fingerprint density at radius 2 is 2.16 bits per heavy atom. The van der Waals surface area contributed by atoms with E-state index >= 15 is 0 Å². The number of thioether (sulfide) groups is 1. The number of carboxylic acids is 1. The van der Waals surface area contributed by atoms with Crippen LogP contribution in [0.2, 0.25) is 0 Å². The molecule has 1 aromatic heterocycles. The van der Waals surface area contributed by atoms with Crippen LogP contribution in [-0.2, 0) is 11.3 Å². The zero-order valence-electron chi connectivity index (χ0n) is 11.2. The minimum absolute atomic E-state index is 0.456. The molecular weight excluding hydrogens is 264 g/mol. The molecule has 3 N–H and O–H groups in total. The van der Waals surface area contributed by atoms with E-state index in [-0.39, 0.29) is 0 Å². The molecular formula is C12H20N4O2S. The Bertz CT molecular complexity index is 386. The minimum atomic E-state index is -0.820. The Labute approximate surface area is 117 Å². The fourth-order valence-corrected chi connectivity index (χ4v) is 1.96. The lowest BCUT2D eigenvalue weighted by Crippen LogP contribution is -2.36. The molecule has 1 aromatic rings. The highest BCUT2D eigenvalue weighted by Crippen LogP contribution is 2.04. The van der Waals surface area contributed by atoms with Crippen molar-refractivity contribution in [3.63, 3.8) is 0 Å². The van der Waals surface area contributed by atoms with Gasteiger partial charge in [0.1, 0.15) is 6.04 Å². The summed E-state index contributed by atoms with van der Waals surface area (Å²) in [7, 11) is 0. The van der Waals surface area contributed by atoms with Crippen LogP contribution in [0.1, 0.15) is 18.9 Å². The molecule has 7 heteroatoms. The third-order valence-corrected chi connectivity index (χ3v) is 3.15. The molecule has 1 heterocycles. The first-order valence-electron chi connectivity index (χ1n) is 6.17. The highest BCUT2D eigenvalue weighted by atomic mass is 32.2. The van der Waals surface area contributed by atoms with Gasteiger partial charge in [0.2, 0.25) is 5.95 Å². The number of nitrogens with one attached hydrogen (secondary N) is 2. The molecule has 1 atom stereocenters. The third kappa shape index (κ3) is 5.89. The van der Waals surface area contributed by atoms with Crippen LogP contribution in [0, 0.1) is 0 Å². The number of nitrogens with zero attached hydrogens (tertiary/aromatic N) is 2. The van der Waals surface area contributed by atoms with Crippen LogP contribution in [-0.4, -0.2) is 45.6 Å². The van der Waals surface area contributed by atoms with Crippen molar-refractivity contribution in [3.05, 3.63) is 18.0 Å². The monoisotopic (exact) mass is 284 g/mol. The molecule has 0 aromatic carbocycles. The Kier molecular flexibility index (Phi) is 7.20. The minimum Gasteiger partial charge on any atom is -0.480 e. The maximum atomic E-state index is 11.1. The quantitative estimate of drug-likeness (QED) is 0.628. The van der Waals surface area contributed by atoms with Crippen molar-refractivity contribution in [1.82, 2.24) is 15.3 Å². The summed E-state index contributed by atoms with van der Waals surface area (Å²) < 4.78 is 0. The van der Waals surface area contributed by atoms with Gasteiger partial charge in [0.05, 0.1) is 0 Å². The molecule has 19 heavy (non-hydrogen) atoms. The van der Waals surface area contributed by atoms with Crippen molar-refractivity contribution in [3.8, 4) is 0 Å². The van der Waals surface area contributed by atoms with Gasteiger partial charge in [0, 0.05) is 31.0 Å². The number of aliphatic carboxylic acids is 1. The number of rotatable bonds is 9. The van der Waals surface area contributed by atoms with Crippen molar-refractivity contribution in [2.24, 2.45) is 0 Å². The zero-order chi connectivity index (χ0) is 14.1. The summed E-state index contributed by atoms with van der Waals surface area (Å²) in [5.41, 5.74) is 0.872. The van der Waals surface area contributed by atoms with Crippen LogP contribution in [0.4, 0.5) is 5.95 Å². The molecule has 0 radical (unpaired) electrons. The zero-order valence-corrected chi connectivity index (χ0v) is 12.0. The predicted molar refractivity (Wildman–Crippen MR) is 77.5 cm³/mol. The van der Waals surface area contributed by atoms with E-state index in [9.17, 15) is 4.79 Å². The van der Waals surface area contributed by atoms with Gasteiger partial charge in [-0.3, -0.25) is 4.79 Å². The molecule has 0 saturated carbocycles. The number of aromatic nitrogens is 2. The molecule has 0 amide bonds. The van der Waals surface area contributed by atoms with E-state index in [1.165, 1.54) is 0 Å². The lowest BCUT2D eigenvalue weighted by Gasteiger charge is -2.13. The Morgan fingerprint density at radius 1 is 1.47 bits per heavy atom. The van der Waals surface area contributed by atoms with Gasteiger partial charge in [0.15, 0.2) is 0 Å². The fraction of sp³-hybridized carbons (Fsp3) is 0.583. The summed E-state index contributed by atoms with van der Waals surface area (Å²) in [6, 6.07) is -0.527. The third-order valence-electron chi connectivity index (χ3n) is 2.50. The molecule has 1 rings (SSSR count). The average Bonchev–Trinajstić information content (AvgIpc) is 2.40. The first-order valence-corrected chi connectivity index (χ1v) is 7.56. The first-order chi connectivity index (χ1) is 9.17. The van der Waals surface area contributed by atoms with Gasteiger partial charge >= 0.3 is 5.97 Å². The van der Waals surface area contributed by atoms with Crippen molar-refractivity contribution < 1.29 is 9.90 Å². The summed E-state index contributed by atoms with van der Waals surface area (Å²) in [6.07, 6.45) is 5.97. The van der Waals surface area contributed by atoms with Crippen molar-refractivity contribution in [2.75, 3.05) is 23.9 Å². The Hall–Kier alpha value is -1.34. The van der Waals surface area contributed by atoms with E-state index < -0.39 is 12.0 Å². The standard InChI is InChI=1S/C12H20N4O2S/c1-3-13-12-15-7-9(8-16-12)6-14-10(11(17)18)4-5-19-2/h7-8,10,14H,3-6H2,1-2H3,(H,17,18)(H,13,15,16)/t10-/m0/s1. The lowest BCUT2D eigenvalue weighted by molar-refractivity contribution is -0.139.